The Morgan fingerprint density at radius 3 is 2.87 bits per heavy atom. The summed E-state index contributed by atoms with van der Waals surface area (Å²) < 4.78 is 1.48. The van der Waals surface area contributed by atoms with Crippen molar-refractivity contribution in [3.05, 3.63) is 10.5 Å². The smallest absolute Gasteiger partial charge is 0.343 e. The van der Waals surface area contributed by atoms with Gasteiger partial charge >= 0.3 is 5.69 Å². The van der Waals surface area contributed by atoms with Crippen LogP contribution in [0.15, 0.2) is 9.95 Å². The summed E-state index contributed by atoms with van der Waals surface area (Å²) in [5.74, 6) is 0. The van der Waals surface area contributed by atoms with E-state index < -0.39 is 0 Å². The summed E-state index contributed by atoms with van der Waals surface area (Å²) in [4.78, 5) is 11.1. The van der Waals surface area contributed by atoms with Crippen LogP contribution in [0.2, 0.25) is 0 Å². The number of nitrogens with one attached hydrogen (secondary N) is 1. The minimum absolute atomic E-state index is 0.174. The van der Waals surface area contributed by atoms with Gasteiger partial charge < -0.3 is 5.11 Å². The van der Waals surface area contributed by atoms with Crippen LogP contribution in [0.1, 0.15) is 25.7 Å². The fraction of sp³-hybridized carbons (Fsp3) is 0.778. The highest BCUT2D eigenvalue weighted by Gasteiger charge is 2.25. The van der Waals surface area contributed by atoms with Gasteiger partial charge in [0.05, 0.1) is 6.10 Å². The van der Waals surface area contributed by atoms with Crippen molar-refractivity contribution in [3.63, 3.8) is 0 Å². The molecule has 2 rings (SSSR count). The van der Waals surface area contributed by atoms with E-state index in [0.717, 1.165) is 25.7 Å². The van der Waals surface area contributed by atoms with Gasteiger partial charge in [0.25, 0.3) is 0 Å². The lowest BCUT2D eigenvalue weighted by molar-refractivity contribution is 0.137. The van der Waals surface area contributed by atoms with Crippen molar-refractivity contribution in [1.82, 2.24) is 14.8 Å². The first-order valence-electron chi connectivity index (χ1n) is 5.14. The number of hydrogen-bond donors (Lipinski definition) is 2. The Labute approximate surface area is 91.9 Å². The number of rotatable bonds is 2. The highest BCUT2D eigenvalue weighted by Crippen LogP contribution is 2.32. The first-order valence-corrected chi connectivity index (χ1v) is 6.02. The van der Waals surface area contributed by atoms with E-state index in [-0.39, 0.29) is 17.0 Å². The van der Waals surface area contributed by atoms with Gasteiger partial charge in [-0.3, -0.25) is 4.57 Å². The molecule has 5 nitrogen and oxygen atoms in total. The molecule has 1 heterocycles. The second kappa shape index (κ2) is 4.40. The fourth-order valence-electron chi connectivity index (χ4n) is 1.79. The zero-order chi connectivity index (χ0) is 10.8. The standard InChI is InChI=1S/C9H15N3O2S/c1-12-8(14)10-11-9(12)15-7-5-3-2-4-6(7)13/h6-7,13H,2-5H2,1H3,(H,10,14)/t6-,7-/m1/s1. The summed E-state index contributed by atoms with van der Waals surface area (Å²) in [6, 6.07) is 0. The second-order valence-corrected chi connectivity index (χ2v) is 5.08. The summed E-state index contributed by atoms with van der Waals surface area (Å²) in [6.07, 6.45) is 3.82. The van der Waals surface area contributed by atoms with Crippen LogP contribution in [0.25, 0.3) is 0 Å². The Bertz CT molecular complexity index is 387. The number of nitrogens with zero attached hydrogens (tertiary/aromatic N) is 2. The molecule has 0 aliphatic heterocycles. The van der Waals surface area contributed by atoms with Crippen LogP contribution in [0.3, 0.4) is 0 Å². The van der Waals surface area contributed by atoms with E-state index >= 15 is 0 Å². The molecule has 2 atom stereocenters. The molecular weight excluding hydrogens is 214 g/mol. The molecule has 0 saturated heterocycles. The van der Waals surface area contributed by atoms with Gasteiger partial charge in [0.15, 0.2) is 5.16 Å². The average molecular weight is 229 g/mol. The van der Waals surface area contributed by atoms with Crippen molar-refractivity contribution < 1.29 is 5.11 Å². The molecule has 0 amide bonds. The van der Waals surface area contributed by atoms with Crippen LogP contribution in [0, 0.1) is 0 Å². The quantitative estimate of drug-likeness (QED) is 0.775. The van der Waals surface area contributed by atoms with Crippen molar-refractivity contribution in [2.75, 3.05) is 0 Å². The molecule has 0 unspecified atom stereocenters. The van der Waals surface area contributed by atoms with E-state index in [1.54, 1.807) is 7.05 Å². The third-order valence-electron chi connectivity index (χ3n) is 2.76. The first kappa shape index (κ1) is 10.8. The third-order valence-corrected chi connectivity index (χ3v) is 4.19. The van der Waals surface area contributed by atoms with Gasteiger partial charge in [0.2, 0.25) is 0 Å². The summed E-state index contributed by atoms with van der Waals surface area (Å²) in [7, 11) is 1.68. The van der Waals surface area contributed by atoms with Crippen LogP contribution < -0.4 is 5.69 Å². The maximum atomic E-state index is 11.1. The summed E-state index contributed by atoms with van der Waals surface area (Å²) >= 11 is 1.49. The van der Waals surface area contributed by atoms with Gasteiger partial charge in [-0.2, -0.15) is 0 Å². The monoisotopic (exact) mass is 229 g/mol. The molecule has 84 valence electrons. The van der Waals surface area contributed by atoms with E-state index in [4.69, 9.17) is 0 Å². The molecule has 15 heavy (non-hydrogen) atoms. The van der Waals surface area contributed by atoms with Gasteiger partial charge in [-0.15, -0.1) is 5.10 Å². The molecular formula is C9H15N3O2S. The molecule has 1 fully saturated rings. The van der Waals surface area contributed by atoms with Crippen molar-refractivity contribution in [2.45, 2.75) is 42.2 Å². The van der Waals surface area contributed by atoms with Gasteiger partial charge in [-0.1, -0.05) is 24.6 Å². The summed E-state index contributed by atoms with van der Waals surface area (Å²) in [6.45, 7) is 0. The van der Waals surface area contributed by atoms with Crippen molar-refractivity contribution in [3.8, 4) is 0 Å². The third kappa shape index (κ3) is 2.26. The molecule has 1 aromatic rings. The van der Waals surface area contributed by atoms with Crippen LogP contribution in [0.5, 0.6) is 0 Å². The van der Waals surface area contributed by atoms with Gasteiger partial charge in [0.1, 0.15) is 0 Å². The van der Waals surface area contributed by atoms with Crippen molar-refractivity contribution in [2.24, 2.45) is 7.05 Å². The maximum Gasteiger partial charge on any atom is 0.343 e. The molecule has 2 N–H and O–H groups in total. The minimum Gasteiger partial charge on any atom is -0.392 e. The molecule has 1 aliphatic rings. The van der Waals surface area contributed by atoms with E-state index in [1.807, 2.05) is 0 Å². The Hall–Kier alpha value is -0.750. The highest BCUT2D eigenvalue weighted by molar-refractivity contribution is 7.99. The fourth-order valence-corrected chi connectivity index (χ4v) is 2.98. The van der Waals surface area contributed by atoms with E-state index in [1.165, 1.54) is 16.3 Å². The Kier molecular flexibility index (Phi) is 3.16. The van der Waals surface area contributed by atoms with Crippen LogP contribution in [0.4, 0.5) is 0 Å². The number of aromatic amines is 1. The zero-order valence-electron chi connectivity index (χ0n) is 8.64. The van der Waals surface area contributed by atoms with E-state index in [0.29, 0.717) is 5.16 Å². The topological polar surface area (TPSA) is 70.9 Å². The molecule has 1 aliphatic carbocycles. The number of aromatic nitrogens is 3. The Morgan fingerprint density at radius 1 is 1.53 bits per heavy atom. The van der Waals surface area contributed by atoms with Gasteiger partial charge in [-0.05, 0) is 12.8 Å². The molecule has 0 bridgehead atoms. The molecule has 1 saturated carbocycles. The number of hydrogen-bond acceptors (Lipinski definition) is 4. The SMILES string of the molecule is Cn1c(S[C@@H]2CCCC[C@H]2O)n[nH]c1=O. The molecule has 0 aromatic carbocycles. The lowest BCUT2D eigenvalue weighted by Crippen LogP contribution is -2.27. The van der Waals surface area contributed by atoms with Crippen LogP contribution >= 0.6 is 11.8 Å². The Morgan fingerprint density at radius 2 is 2.27 bits per heavy atom. The molecule has 1 aromatic heterocycles. The highest BCUT2D eigenvalue weighted by atomic mass is 32.2. The zero-order valence-corrected chi connectivity index (χ0v) is 9.46. The predicted octanol–water partition coefficient (Wildman–Crippen LogP) is 0.504. The summed E-state index contributed by atoms with van der Waals surface area (Å²) in [5, 5.41) is 16.9. The number of thioether (sulfide) groups is 1. The molecule has 0 radical (unpaired) electrons. The lowest BCUT2D eigenvalue weighted by Gasteiger charge is -2.26. The number of aliphatic hydroxyl groups is 1. The van der Waals surface area contributed by atoms with Gasteiger partial charge in [0, 0.05) is 12.3 Å². The second-order valence-electron chi connectivity index (χ2n) is 3.88. The average Bonchev–Trinajstić information content (AvgIpc) is 2.53. The van der Waals surface area contributed by atoms with Crippen molar-refractivity contribution >= 4 is 11.8 Å². The predicted molar refractivity (Wildman–Crippen MR) is 57.9 cm³/mol. The van der Waals surface area contributed by atoms with Crippen molar-refractivity contribution in [1.29, 1.82) is 0 Å². The molecule has 6 heteroatoms. The first-order chi connectivity index (χ1) is 7.18. The van der Waals surface area contributed by atoms with E-state index in [2.05, 4.69) is 10.2 Å². The molecule has 0 spiro atoms. The van der Waals surface area contributed by atoms with E-state index in [9.17, 15) is 9.90 Å². The Balaban J connectivity index is 2.07. The lowest BCUT2D eigenvalue weighted by atomic mass is 9.97. The normalized spacial score (nSPS) is 26.8. The maximum absolute atomic E-state index is 11.1. The number of aliphatic hydroxyl groups excluding tert-OH is 1. The van der Waals surface area contributed by atoms with Crippen LogP contribution in [-0.2, 0) is 7.05 Å². The van der Waals surface area contributed by atoms with Gasteiger partial charge in [-0.25, -0.2) is 9.89 Å². The minimum atomic E-state index is -0.268. The largest absolute Gasteiger partial charge is 0.392 e. The summed E-state index contributed by atoms with van der Waals surface area (Å²) in [5.41, 5.74) is -0.206. The number of H-pyrrole nitrogens is 1. The van der Waals surface area contributed by atoms with Crippen LogP contribution in [-0.4, -0.2) is 31.2 Å².